The van der Waals surface area contributed by atoms with E-state index in [0.717, 1.165) is 11.3 Å². The molecule has 2 aromatic carbocycles. The normalized spacial score (nSPS) is 11.3. The standard InChI is InChI=1S/C18H15NO3S/c1-22-18(20)10-6-5-7-15-11-13-17(14-12-15)23(21)19-16-8-3-2-4-9-16/h2-4,6,8-14,19H,1H3/b10-6+. The van der Waals surface area contributed by atoms with E-state index in [1.807, 2.05) is 30.3 Å². The Hall–Kier alpha value is -2.84. The summed E-state index contributed by atoms with van der Waals surface area (Å²) >= 11 is 0. The molecule has 23 heavy (non-hydrogen) atoms. The summed E-state index contributed by atoms with van der Waals surface area (Å²) in [5.41, 5.74) is 1.56. The first kappa shape index (κ1) is 16.5. The summed E-state index contributed by atoms with van der Waals surface area (Å²) in [5, 5.41) is 0. The molecule has 0 aliphatic rings. The van der Waals surface area contributed by atoms with Crippen molar-refractivity contribution in [2.75, 3.05) is 11.8 Å². The zero-order valence-electron chi connectivity index (χ0n) is 12.5. The molecule has 4 nitrogen and oxygen atoms in total. The van der Waals surface area contributed by atoms with Gasteiger partial charge in [0.2, 0.25) is 0 Å². The van der Waals surface area contributed by atoms with Crippen molar-refractivity contribution in [3.8, 4) is 11.8 Å². The highest BCUT2D eigenvalue weighted by molar-refractivity contribution is 7.86. The number of hydrogen-bond donors (Lipinski definition) is 1. The van der Waals surface area contributed by atoms with Crippen LogP contribution < -0.4 is 4.72 Å². The van der Waals surface area contributed by atoms with Crippen LogP contribution in [0.3, 0.4) is 0 Å². The second-order valence-electron chi connectivity index (χ2n) is 4.39. The fraction of sp³-hybridized carbons (Fsp3) is 0.0556. The quantitative estimate of drug-likeness (QED) is 0.534. The van der Waals surface area contributed by atoms with Crippen LogP contribution in [0.4, 0.5) is 5.69 Å². The van der Waals surface area contributed by atoms with Crippen LogP contribution in [0.2, 0.25) is 0 Å². The first-order valence-corrected chi connectivity index (χ1v) is 7.93. The molecule has 1 N–H and O–H groups in total. The van der Waals surface area contributed by atoms with E-state index >= 15 is 0 Å². The number of benzene rings is 2. The van der Waals surface area contributed by atoms with Crippen LogP contribution in [-0.4, -0.2) is 17.3 Å². The van der Waals surface area contributed by atoms with Gasteiger partial charge >= 0.3 is 5.97 Å². The molecule has 2 rings (SSSR count). The van der Waals surface area contributed by atoms with Gasteiger partial charge in [-0.05, 0) is 42.5 Å². The molecule has 0 bridgehead atoms. The minimum Gasteiger partial charge on any atom is -0.466 e. The van der Waals surface area contributed by atoms with Gasteiger partial charge in [0.25, 0.3) is 0 Å². The van der Waals surface area contributed by atoms with E-state index in [9.17, 15) is 9.00 Å². The third-order valence-electron chi connectivity index (χ3n) is 2.77. The Morgan fingerprint density at radius 2 is 1.83 bits per heavy atom. The Bertz CT molecular complexity index is 771. The lowest BCUT2D eigenvalue weighted by Crippen LogP contribution is -2.04. The number of ether oxygens (including phenoxy) is 1. The zero-order valence-corrected chi connectivity index (χ0v) is 13.3. The van der Waals surface area contributed by atoms with Gasteiger partial charge in [0, 0.05) is 17.3 Å². The van der Waals surface area contributed by atoms with Gasteiger partial charge in [-0.15, -0.1) is 0 Å². The monoisotopic (exact) mass is 325 g/mol. The van der Waals surface area contributed by atoms with Crippen LogP contribution in [0.25, 0.3) is 0 Å². The molecule has 0 amide bonds. The van der Waals surface area contributed by atoms with Gasteiger partial charge in [-0.25, -0.2) is 9.00 Å². The Labute approximate surface area is 137 Å². The molecule has 0 fully saturated rings. The van der Waals surface area contributed by atoms with Crippen LogP contribution in [-0.2, 0) is 20.5 Å². The number of nitrogens with one attached hydrogen (secondary N) is 1. The number of carbonyl (C=O) groups excluding carboxylic acids is 1. The van der Waals surface area contributed by atoms with Crippen LogP contribution in [0.1, 0.15) is 5.56 Å². The lowest BCUT2D eigenvalue weighted by atomic mass is 10.2. The van der Waals surface area contributed by atoms with Gasteiger partial charge < -0.3 is 9.46 Å². The maximum absolute atomic E-state index is 12.2. The topological polar surface area (TPSA) is 55.4 Å². The summed E-state index contributed by atoms with van der Waals surface area (Å²) in [6.07, 6.45) is 2.68. The highest BCUT2D eigenvalue weighted by Gasteiger charge is 2.03. The SMILES string of the molecule is COC(=O)/C=C/C#Cc1ccc(S(=O)Nc2ccccc2)cc1. The number of carbonyl (C=O) groups is 1. The van der Waals surface area contributed by atoms with E-state index in [1.54, 1.807) is 24.3 Å². The molecule has 0 aliphatic heterocycles. The highest BCUT2D eigenvalue weighted by Crippen LogP contribution is 2.12. The summed E-state index contributed by atoms with van der Waals surface area (Å²) in [6.45, 7) is 0. The summed E-state index contributed by atoms with van der Waals surface area (Å²) in [4.78, 5) is 11.5. The lowest BCUT2D eigenvalue weighted by Gasteiger charge is -2.05. The number of para-hydroxylation sites is 1. The summed E-state index contributed by atoms with van der Waals surface area (Å²) in [7, 11) is -0.0228. The molecule has 0 aliphatic carbocycles. The molecule has 0 saturated carbocycles. The smallest absolute Gasteiger partial charge is 0.331 e. The van der Waals surface area contributed by atoms with Crippen LogP contribution in [0.5, 0.6) is 0 Å². The van der Waals surface area contributed by atoms with Crippen molar-refractivity contribution < 1.29 is 13.7 Å². The molecular formula is C18H15NO3S. The summed E-state index contributed by atoms with van der Waals surface area (Å²) in [5.74, 6) is 5.16. The summed E-state index contributed by atoms with van der Waals surface area (Å²) in [6, 6.07) is 16.4. The van der Waals surface area contributed by atoms with E-state index in [-0.39, 0.29) is 0 Å². The molecule has 0 heterocycles. The summed E-state index contributed by atoms with van der Waals surface area (Å²) < 4.78 is 19.6. The first-order valence-electron chi connectivity index (χ1n) is 6.78. The number of hydrogen-bond acceptors (Lipinski definition) is 3. The van der Waals surface area contributed by atoms with Gasteiger partial charge in [0.1, 0.15) is 11.0 Å². The fourth-order valence-electron chi connectivity index (χ4n) is 1.64. The fourth-order valence-corrected chi connectivity index (χ4v) is 2.49. The lowest BCUT2D eigenvalue weighted by molar-refractivity contribution is -0.134. The van der Waals surface area contributed by atoms with Crippen molar-refractivity contribution in [2.45, 2.75) is 4.90 Å². The Morgan fingerprint density at radius 3 is 2.48 bits per heavy atom. The van der Waals surface area contributed by atoms with Crippen molar-refractivity contribution in [1.29, 1.82) is 0 Å². The van der Waals surface area contributed by atoms with E-state index in [0.29, 0.717) is 4.90 Å². The maximum Gasteiger partial charge on any atom is 0.331 e. The molecule has 0 spiro atoms. The predicted molar refractivity (Wildman–Crippen MR) is 90.9 cm³/mol. The Balaban J connectivity index is 1.99. The molecule has 116 valence electrons. The van der Waals surface area contributed by atoms with Crippen molar-refractivity contribution in [2.24, 2.45) is 0 Å². The minimum atomic E-state index is -1.33. The minimum absolute atomic E-state index is 0.447. The van der Waals surface area contributed by atoms with Gasteiger partial charge in [-0.3, -0.25) is 0 Å². The molecular weight excluding hydrogens is 310 g/mol. The van der Waals surface area contributed by atoms with Crippen molar-refractivity contribution >= 4 is 22.6 Å². The second kappa shape index (κ2) is 8.57. The average Bonchev–Trinajstić information content (AvgIpc) is 2.60. The number of esters is 1. The van der Waals surface area contributed by atoms with Gasteiger partial charge in [0.05, 0.1) is 12.0 Å². The van der Waals surface area contributed by atoms with E-state index < -0.39 is 17.0 Å². The number of methoxy groups -OCH3 is 1. The Morgan fingerprint density at radius 1 is 1.13 bits per heavy atom. The molecule has 0 saturated heterocycles. The van der Waals surface area contributed by atoms with Crippen LogP contribution in [0.15, 0.2) is 71.6 Å². The highest BCUT2D eigenvalue weighted by atomic mass is 32.2. The first-order chi connectivity index (χ1) is 11.2. The molecule has 0 radical (unpaired) electrons. The molecule has 1 atom stereocenters. The molecule has 2 aromatic rings. The van der Waals surface area contributed by atoms with Gasteiger partial charge in [-0.2, -0.15) is 0 Å². The zero-order chi connectivity index (χ0) is 16.5. The maximum atomic E-state index is 12.2. The average molecular weight is 325 g/mol. The van der Waals surface area contributed by atoms with Crippen molar-refractivity contribution in [1.82, 2.24) is 0 Å². The van der Waals surface area contributed by atoms with Crippen LogP contribution in [0, 0.1) is 11.8 Å². The van der Waals surface area contributed by atoms with Crippen molar-refractivity contribution in [3.05, 3.63) is 72.3 Å². The second-order valence-corrected chi connectivity index (χ2v) is 5.60. The van der Waals surface area contributed by atoms with Crippen molar-refractivity contribution in [3.63, 3.8) is 0 Å². The van der Waals surface area contributed by atoms with E-state index in [2.05, 4.69) is 21.3 Å². The van der Waals surface area contributed by atoms with Crippen LogP contribution >= 0.6 is 0 Å². The Kier molecular flexibility index (Phi) is 6.16. The number of rotatable bonds is 4. The molecule has 0 aromatic heterocycles. The van der Waals surface area contributed by atoms with Gasteiger partial charge in [0.15, 0.2) is 0 Å². The molecule has 1 unspecified atom stereocenters. The van der Waals surface area contributed by atoms with E-state index in [1.165, 1.54) is 19.3 Å². The largest absolute Gasteiger partial charge is 0.466 e. The number of allylic oxidation sites excluding steroid dienone is 1. The van der Waals surface area contributed by atoms with E-state index in [4.69, 9.17) is 0 Å². The third-order valence-corrected chi connectivity index (χ3v) is 3.89. The predicted octanol–water partition coefficient (Wildman–Crippen LogP) is 2.90. The molecule has 5 heteroatoms. The number of anilines is 1. The van der Waals surface area contributed by atoms with Gasteiger partial charge in [-0.1, -0.05) is 30.0 Å². The third kappa shape index (κ3) is 5.46.